The first-order valence-corrected chi connectivity index (χ1v) is 12.7. The lowest BCUT2D eigenvalue weighted by atomic mass is 9.82. The number of rotatable bonds is 6. The van der Waals surface area contributed by atoms with Crippen LogP contribution in [0, 0.1) is 6.92 Å². The Morgan fingerprint density at radius 1 is 1.22 bits per heavy atom. The molecule has 174 valence electrons. The number of aryl methyl sites for hydroxylation is 1. The third-order valence-electron chi connectivity index (χ3n) is 5.83. The van der Waals surface area contributed by atoms with Crippen LogP contribution in [0.4, 0.5) is 0 Å². The summed E-state index contributed by atoms with van der Waals surface area (Å²) in [6.07, 6.45) is 5.44. The Hall–Kier alpha value is -2.35. The van der Waals surface area contributed by atoms with E-state index in [0.717, 1.165) is 43.0 Å². The summed E-state index contributed by atoms with van der Waals surface area (Å²) in [5, 5.41) is 1.21. The zero-order chi connectivity index (χ0) is 23.3. The number of nitrogens with zero attached hydrogens (tertiary/aromatic N) is 1. The fourth-order valence-electron chi connectivity index (χ4n) is 4.46. The minimum absolute atomic E-state index is 0.604. The molecule has 0 unspecified atom stereocenters. The smallest absolute Gasteiger partial charge is 0.261 e. The monoisotopic (exact) mass is 459 g/mol. The molecule has 0 fully saturated rings. The molecule has 1 aliphatic carbocycles. The third kappa shape index (κ3) is 6.82. The molecule has 0 radical (unpaired) electrons. The van der Waals surface area contributed by atoms with E-state index in [-0.39, 0.29) is 0 Å². The van der Waals surface area contributed by atoms with Gasteiger partial charge in [-0.05, 0) is 86.5 Å². The summed E-state index contributed by atoms with van der Waals surface area (Å²) in [5.74, 6) is 2.64. The molecule has 0 aliphatic heterocycles. The fraction of sp³-hybridized carbons (Fsp3) is 0.440. The molecule has 0 spiro atoms. The van der Waals surface area contributed by atoms with E-state index in [1.54, 1.807) is 7.11 Å². The van der Waals surface area contributed by atoms with Gasteiger partial charge in [0.25, 0.3) is 10.1 Å². The first-order chi connectivity index (χ1) is 15.1. The molecule has 7 heteroatoms. The standard InChI is InChI=1S/C24H29NO2.CH4O3S/c1-17-14-20-15-18(10-11-23(20)27-17)12-13-25(2)16-19-6-4-8-22-21(19)7-5-9-24(22)26-3;1-5(2,3)4/h5,7,9-11,14-15,19H,4,6,8,12-13,16H2,1-3H3;1H3,(H,2,3,4)/t19-;/m0./s1. The van der Waals surface area contributed by atoms with Crippen molar-refractivity contribution in [1.29, 1.82) is 0 Å². The van der Waals surface area contributed by atoms with Gasteiger partial charge in [-0.3, -0.25) is 4.55 Å². The maximum Gasteiger partial charge on any atom is 0.261 e. The van der Waals surface area contributed by atoms with Gasteiger partial charge >= 0.3 is 0 Å². The second-order valence-corrected chi connectivity index (χ2v) is 10.1. The molecule has 0 bridgehead atoms. The largest absolute Gasteiger partial charge is 0.496 e. The van der Waals surface area contributed by atoms with Crippen molar-refractivity contribution in [3.05, 3.63) is 64.9 Å². The predicted octanol–water partition coefficient (Wildman–Crippen LogP) is 4.85. The SMILES string of the molecule is COc1cccc2c1CCC[C@H]2CN(C)CCc1ccc2oc(C)cc2c1.CS(=O)(=O)O. The van der Waals surface area contributed by atoms with Crippen molar-refractivity contribution in [2.45, 2.75) is 38.5 Å². The number of methoxy groups -OCH3 is 1. The van der Waals surface area contributed by atoms with E-state index in [0.29, 0.717) is 12.2 Å². The summed E-state index contributed by atoms with van der Waals surface area (Å²) in [5.41, 5.74) is 5.27. The van der Waals surface area contributed by atoms with Crippen molar-refractivity contribution in [2.75, 3.05) is 33.5 Å². The molecule has 0 saturated heterocycles. The van der Waals surface area contributed by atoms with Crippen molar-refractivity contribution in [3.8, 4) is 5.75 Å². The Morgan fingerprint density at radius 2 is 1.97 bits per heavy atom. The molecule has 0 saturated carbocycles. The lowest BCUT2D eigenvalue weighted by Crippen LogP contribution is -2.28. The van der Waals surface area contributed by atoms with Gasteiger partial charge in [0, 0.05) is 18.5 Å². The van der Waals surface area contributed by atoms with Crippen LogP contribution in [0.15, 0.2) is 46.9 Å². The maximum atomic E-state index is 9.19. The summed E-state index contributed by atoms with van der Waals surface area (Å²) in [7, 11) is 0.360. The molecular formula is C25H33NO5S. The average Bonchev–Trinajstić information content (AvgIpc) is 3.10. The number of hydrogen-bond donors (Lipinski definition) is 1. The second kappa shape index (κ2) is 10.5. The van der Waals surface area contributed by atoms with Gasteiger partial charge in [-0.25, -0.2) is 0 Å². The number of furan rings is 1. The summed E-state index contributed by atoms with van der Waals surface area (Å²) < 4.78 is 37.1. The van der Waals surface area contributed by atoms with Crippen molar-refractivity contribution < 1.29 is 22.1 Å². The molecule has 1 aliphatic rings. The Morgan fingerprint density at radius 3 is 2.69 bits per heavy atom. The van der Waals surface area contributed by atoms with E-state index >= 15 is 0 Å². The molecule has 0 amide bonds. The summed E-state index contributed by atoms with van der Waals surface area (Å²) in [4.78, 5) is 2.48. The predicted molar refractivity (Wildman–Crippen MR) is 128 cm³/mol. The van der Waals surface area contributed by atoms with Crippen LogP contribution < -0.4 is 4.74 Å². The number of likely N-dealkylation sites (N-methyl/N-ethyl adjacent to an activating group) is 1. The van der Waals surface area contributed by atoms with E-state index in [4.69, 9.17) is 13.7 Å². The number of hydrogen-bond acceptors (Lipinski definition) is 5. The van der Waals surface area contributed by atoms with Crippen LogP contribution in [-0.2, 0) is 23.0 Å². The Bertz CT molecular complexity index is 1140. The van der Waals surface area contributed by atoms with Crippen molar-refractivity contribution in [1.82, 2.24) is 4.90 Å². The molecule has 3 aromatic rings. The maximum absolute atomic E-state index is 9.19. The minimum atomic E-state index is -3.67. The number of ether oxygens (including phenoxy) is 1. The van der Waals surface area contributed by atoms with Crippen molar-refractivity contribution in [3.63, 3.8) is 0 Å². The number of fused-ring (bicyclic) bond motifs is 2. The Balaban J connectivity index is 0.000000523. The van der Waals surface area contributed by atoms with Crippen LogP contribution in [0.3, 0.4) is 0 Å². The third-order valence-corrected chi connectivity index (χ3v) is 5.83. The zero-order valence-corrected chi connectivity index (χ0v) is 20.1. The highest BCUT2D eigenvalue weighted by molar-refractivity contribution is 7.85. The number of benzene rings is 2. The van der Waals surface area contributed by atoms with Crippen molar-refractivity contribution >= 4 is 21.1 Å². The van der Waals surface area contributed by atoms with Crippen LogP contribution in [0.2, 0.25) is 0 Å². The van der Waals surface area contributed by atoms with E-state index in [9.17, 15) is 8.42 Å². The van der Waals surface area contributed by atoms with Gasteiger partial charge in [-0.2, -0.15) is 8.42 Å². The topological polar surface area (TPSA) is 80.0 Å². The quantitative estimate of drug-likeness (QED) is 0.531. The van der Waals surface area contributed by atoms with Crippen LogP contribution in [0.1, 0.15) is 41.2 Å². The van der Waals surface area contributed by atoms with Gasteiger partial charge in [-0.1, -0.05) is 18.2 Å². The Labute approximate surface area is 190 Å². The van der Waals surface area contributed by atoms with E-state index in [2.05, 4.69) is 54.4 Å². The highest BCUT2D eigenvalue weighted by Gasteiger charge is 2.23. The van der Waals surface area contributed by atoms with Gasteiger partial charge < -0.3 is 14.1 Å². The molecule has 1 N–H and O–H groups in total. The molecule has 1 heterocycles. The summed E-state index contributed by atoms with van der Waals surface area (Å²) in [6, 6.07) is 15.2. The van der Waals surface area contributed by atoms with Gasteiger partial charge in [0.1, 0.15) is 17.1 Å². The van der Waals surface area contributed by atoms with Crippen molar-refractivity contribution in [2.24, 2.45) is 0 Å². The second-order valence-electron chi connectivity index (χ2n) is 8.59. The lowest BCUT2D eigenvalue weighted by molar-refractivity contribution is 0.299. The molecule has 1 aromatic heterocycles. The molecule has 6 nitrogen and oxygen atoms in total. The zero-order valence-electron chi connectivity index (χ0n) is 19.3. The average molecular weight is 460 g/mol. The normalized spacial score (nSPS) is 15.9. The van der Waals surface area contributed by atoms with Gasteiger partial charge in [0.2, 0.25) is 0 Å². The highest BCUT2D eigenvalue weighted by atomic mass is 32.2. The highest BCUT2D eigenvalue weighted by Crippen LogP contribution is 2.36. The molecular weight excluding hydrogens is 426 g/mol. The van der Waals surface area contributed by atoms with Crippen LogP contribution in [-0.4, -0.2) is 51.4 Å². The summed E-state index contributed by atoms with van der Waals surface area (Å²) in [6.45, 7) is 4.18. The molecule has 4 rings (SSSR count). The van der Waals surface area contributed by atoms with E-state index in [1.165, 1.54) is 34.9 Å². The first-order valence-electron chi connectivity index (χ1n) is 10.9. The van der Waals surface area contributed by atoms with Crippen LogP contribution in [0.5, 0.6) is 5.75 Å². The first kappa shape index (κ1) is 24.3. The molecule has 1 atom stereocenters. The van der Waals surface area contributed by atoms with Gasteiger partial charge in [0.05, 0.1) is 13.4 Å². The van der Waals surface area contributed by atoms with Crippen LogP contribution in [0.25, 0.3) is 11.0 Å². The molecule has 32 heavy (non-hydrogen) atoms. The fourth-order valence-corrected chi connectivity index (χ4v) is 4.46. The summed E-state index contributed by atoms with van der Waals surface area (Å²) >= 11 is 0. The van der Waals surface area contributed by atoms with Gasteiger partial charge in [-0.15, -0.1) is 0 Å². The van der Waals surface area contributed by atoms with E-state index < -0.39 is 10.1 Å². The van der Waals surface area contributed by atoms with E-state index in [1.807, 2.05) is 6.92 Å². The molecule has 2 aromatic carbocycles. The minimum Gasteiger partial charge on any atom is -0.496 e. The van der Waals surface area contributed by atoms with Gasteiger partial charge in [0.15, 0.2) is 0 Å². The Kier molecular flexibility index (Phi) is 7.98. The lowest BCUT2D eigenvalue weighted by Gasteiger charge is -2.30. The van der Waals surface area contributed by atoms with Crippen LogP contribution >= 0.6 is 0 Å².